The molecule has 0 spiro atoms. The molecule has 1 heterocycles. The quantitative estimate of drug-likeness (QED) is 0.862. The smallest absolute Gasteiger partial charge is 0.137 e. The number of hydrogen-bond donors (Lipinski definition) is 1. The average molecular weight is 303 g/mol. The molecule has 3 nitrogen and oxygen atoms in total. The van der Waals surface area contributed by atoms with Crippen LogP contribution in [0.4, 0.5) is 0 Å². The van der Waals surface area contributed by atoms with Crippen molar-refractivity contribution in [3.05, 3.63) is 77.1 Å². The van der Waals surface area contributed by atoms with Crippen molar-refractivity contribution >= 4 is 11.6 Å². The molecule has 1 aromatic heterocycles. The minimum Gasteiger partial charge on any atom is -0.376 e. The van der Waals surface area contributed by atoms with E-state index in [2.05, 4.69) is 11.6 Å². The Kier molecular flexibility index (Phi) is 4.78. The second kappa shape index (κ2) is 6.39. The molecule has 0 saturated carbocycles. The van der Waals surface area contributed by atoms with Crippen LogP contribution in [0, 0.1) is 0 Å². The zero-order chi connectivity index (χ0) is 15.5. The van der Waals surface area contributed by atoms with Gasteiger partial charge in [0.15, 0.2) is 0 Å². The third kappa shape index (κ3) is 3.32. The summed E-state index contributed by atoms with van der Waals surface area (Å²) >= 11 is 5.95. The van der Waals surface area contributed by atoms with E-state index in [0.29, 0.717) is 17.1 Å². The van der Waals surface area contributed by atoms with Gasteiger partial charge in [0, 0.05) is 24.0 Å². The maximum Gasteiger partial charge on any atom is 0.137 e. The first-order chi connectivity index (χ1) is 9.94. The first-order valence-corrected chi connectivity index (χ1v) is 7.04. The van der Waals surface area contributed by atoms with Crippen LogP contribution in [-0.2, 0) is 5.60 Å². The lowest BCUT2D eigenvalue weighted by Crippen LogP contribution is -2.34. The van der Waals surface area contributed by atoms with E-state index in [0.717, 1.165) is 11.1 Å². The zero-order valence-corrected chi connectivity index (χ0v) is 13.0. The Morgan fingerprint density at radius 2 is 1.67 bits per heavy atom. The maximum absolute atomic E-state index is 11.4. The van der Waals surface area contributed by atoms with Gasteiger partial charge in [-0.1, -0.05) is 30.3 Å². The van der Waals surface area contributed by atoms with Crippen LogP contribution in [0.15, 0.2) is 60.9 Å². The Balaban J connectivity index is 2.53. The van der Waals surface area contributed by atoms with E-state index in [1.807, 2.05) is 31.1 Å². The van der Waals surface area contributed by atoms with Crippen LogP contribution < -0.4 is 0 Å². The summed E-state index contributed by atoms with van der Waals surface area (Å²) < 4.78 is 0. The number of benzene rings is 1. The number of hydrogen-bond acceptors (Lipinski definition) is 3. The minimum absolute atomic E-state index is 0.571. The average Bonchev–Trinajstić information content (AvgIpc) is 2.47. The van der Waals surface area contributed by atoms with Crippen LogP contribution in [0.5, 0.6) is 0 Å². The molecule has 1 unspecified atom stereocenters. The zero-order valence-electron chi connectivity index (χ0n) is 12.3. The normalized spacial score (nSPS) is 14.0. The molecule has 0 bridgehead atoms. The van der Waals surface area contributed by atoms with E-state index in [1.54, 1.807) is 36.7 Å². The van der Waals surface area contributed by atoms with Gasteiger partial charge < -0.3 is 10.0 Å². The van der Waals surface area contributed by atoms with Crippen molar-refractivity contribution in [2.45, 2.75) is 5.60 Å². The fourth-order valence-electron chi connectivity index (χ4n) is 2.36. The number of nitrogens with zero attached hydrogens (tertiary/aromatic N) is 2. The van der Waals surface area contributed by atoms with E-state index < -0.39 is 5.60 Å². The summed E-state index contributed by atoms with van der Waals surface area (Å²) in [6, 6.07) is 10.8. The topological polar surface area (TPSA) is 36.4 Å². The standard InChI is InChI=1S/C17H19ClN2O/c1-13(12-20(2)3)17(21,15-8-10-19-11-9-15)14-4-6-16(18)7-5-14/h4-11,21H,1,12H2,2-3H3. The second-order valence-corrected chi connectivity index (χ2v) is 5.73. The number of halogens is 1. The molecule has 2 rings (SSSR count). The molecule has 21 heavy (non-hydrogen) atoms. The molecule has 0 aliphatic heterocycles. The lowest BCUT2D eigenvalue weighted by Gasteiger charge is -2.33. The van der Waals surface area contributed by atoms with Crippen molar-refractivity contribution in [2.24, 2.45) is 0 Å². The van der Waals surface area contributed by atoms with Crippen molar-refractivity contribution in [1.82, 2.24) is 9.88 Å². The Morgan fingerprint density at radius 1 is 1.14 bits per heavy atom. The highest BCUT2D eigenvalue weighted by molar-refractivity contribution is 6.30. The third-order valence-electron chi connectivity index (χ3n) is 3.38. The fourth-order valence-corrected chi connectivity index (χ4v) is 2.48. The van der Waals surface area contributed by atoms with Crippen LogP contribution >= 0.6 is 11.6 Å². The molecular formula is C17H19ClN2O. The molecule has 0 radical (unpaired) electrons. The molecule has 0 aliphatic rings. The third-order valence-corrected chi connectivity index (χ3v) is 3.63. The number of rotatable bonds is 5. The Hall–Kier alpha value is -1.68. The molecule has 4 heteroatoms. The van der Waals surface area contributed by atoms with Crippen LogP contribution in [0.3, 0.4) is 0 Å². The Bertz CT molecular complexity index is 610. The van der Waals surface area contributed by atoms with E-state index >= 15 is 0 Å². The molecule has 0 aliphatic carbocycles. The van der Waals surface area contributed by atoms with E-state index in [1.165, 1.54) is 0 Å². The van der Waals surface area contributed by atoms with E-state index in [4.69, 9.17) is 11.6 Å². The minimum atomic E-state index is -1.27. The lowest BCUT2D eigenvalue weighted by molar-refractivity contribution is 0.113. The number of aromatic nitrogens is 1. The maximum atomic E-state index is 11.4. The molecule has 1 aromatic carbocycles. The van der Waals surface area contributed by atoms with Crippen molar-refractivity contribution in [3.8, 4) is 0 Å². The summed E-state index contributed by atoms with van der Waals surface area (Å²) in [5.74, 6) is 0. The number of pyridine rings is 1. The Labute approximate surface area is 130 Å². The predicted molar refractivity (Wildman–Crippen MR) is 86.4 cm³/mol. The SMILES string of the molecule is C=C(CN(C)C)C(O)(c1ccncc1)c1ccc(Cl)cc1. The molecule has 110 valence electrons. The van der Waals surface area contributed by atoms with Gasteiger partial charge in [-0.25, -0.2) is 0 Å². The molecule has 1 N–H and O–H groups in total. The summed E-state index contributed by atoms with van der Waals surface area (Å²) in [6.45, 7) is 4.67. The van der Waals surface area contributed by atoms with Crippen molar-refractivity contribution in [2.75, 3.05) is 20.6 Å². The first kappa shape index (κ1) is 15.7. The molecular weight excluding hydrogens is 284 g/mol. The summed E-state index contributed by atoms with van der Waals surface area (Å²) in [5.41, 5.74) is 0.912. The monoisotopic (exact) mass is 302 g/mol. The predicted octanol–water partition coefficient (Wildman–Crippen LogP) is 3.09. The summed E-state index contributed by atoms with van der Waals surface area (Å²) in [6.07, 6.45) is 3.33. The van der Waals surface area contributed by atoms with Gasteiger partial charge in [-0.3, -0.25) is 4.98 Å². The van der Waals surface area contributed by atoms with Gasteiger partial charge >= 0.3 is 0 Å². The summed E-state index contributed by atoms with van der Waals surface area (Å²) in [4.78, 5) is 5.99. The molecule has 0 amide bonds. The van der Waals surface area contributed by atoms with Crippen LogP contribution in [-0.4, -0.2) is 35.6 Å². The first-order valence-electron chi connectivity index (χ1n) is 6.66. The lowest BCUT2D eigenvalue weighted by atomic mass is 9.81. The van der Waals surface area contributed by atoms with Crippen LogP contribution in [0.1, 0.15) is 11.1 Å². The second-order valence-electron chi connectivity index (χ2n) is 5.29. The van der Waals surface area contributed by atoms with Crippen molar-refractivity contribution in [1.29, 1.82) is 0 Å². The molecule has 0 fully saturated rings. The highest BCUT2D eigenvalue weighted by Crippen LogP contribution is 2.36. The number of likely N-dealkylation sites (N-methyl/N-ethyl adjacent to an activating group) is 1. The van der Waals surface area contributed by atoms with Gasteiger partial charge in [0.25, 0.3) is 0 Å². The molecule has 0 saturated heterocycles. The van der Waals surface area contributed by atoms with Gasteiger partial charge in [0.1, 0.15) is 5.60 Å². The van der Waals surface area contributed by atoms with Gasteiger partial charge in [-0.2, -0.15) is 0 Å². The number of aliphatic hydroxyl groups is 1. The highest BCUT2D eigenvalue weighted by Gasteiger charge is 2.34. The van der Waals surface area contributed by atoms with E-state index in [9.17, 15) is 5.11 Å². The summed E-state index contributed by atoms with van der Waals surface area (Å²) in [5, 5.41) is 12.0. The van der Waals surface area contributed by atoms with Gasteiger partial charge in [-0.05, 0) is 55.1 Å². The molecule has 2 aromatic rings. The van der Waals surface area contributed by atoms with Gasteiger partial charge in [0.05, 0.1) is 0 Å². The van der Waals surface area contributed by atoms with Gasteiger partial charge in [-0.15, -0.1) is 0 Å². The van der Waals surface area contributed by atoms with E-state index in [-0.39, 0.29) is 0 Å². The highest BCUT2D eigenvalue weighted by atomic mass is 35.5. The van der Waals surface area contributed by atoms with Gasteiger partial charge in [0.2, 0.25) is 0 Å². The van der Waals surface area contributed by atoms with Crippen LogP contribution in [0.25, 0.3) is 0 Å². The molecule has 1 atom stereocenters. The van der Waals surface area contributed by atoms with Crippen LogP contribution in [0.2, 0.25) is 5.02 Å². The summed E-state index contributed by atoms with van der Waals surface area (Å²) in [7, 11) is 3.89. The Morgan fingerprint density at radius 3 is 2.19 bits per heavy atom. The largest absolute Gasteiger partial charge is 0.376 e. The van der Waals surface area contributed by atoms with Crippen molar-refractivity contribution < 1.29 is 5.11 Å². The fraction of sp³-hybridized carbons (Fsp3) is 0.235. The van der Waals surface area contributed by atoms with Crippen molar-refractivity contribution in [3.63, 3.8) is 0 Å².